The standard InChI is InChI=1S/C11H12BrNO3/c12-7-4-3-6(11(15)16)8(10(7)14)9(13)5-1-2-5/h3-5,9,14H,1-2,13H2,(H,15,16)/t9-/m1/s1. The molecule has 0 aromatic heterocycles. The van der Waals surface area contributed by atoms with Gasteiger partial charge in [0, 0.05) is 11.6 Å². The van der Waals surface area contributed by atoms with Crippen LogP contribution in [0.4, 0.5) is 0 Å². The third-order valence-corrected chi connectivity index (χ3v) is 3.50. The fourth-order valence-corrected chi connectivity index (χ4v) is 2.14. The van der Waals surface area contributed by atoms with Crippen molar-refractivity contribution in [3.05, 3.63) is 27.7 Å². The molecular formula is C11H12BrNO3. The molecule has 2 rings (SSSR count). The Morgan fingerprint density at radius 1 is 1.50 bits per heavy atom. The molecule has 1 aromatic rings. The number of carboxylic acids is 1. The average Bonchev–Trinajstić information content (AvgIpc) is 3.04. The summed E-state index contributed by atoms with van der Waals surface area (Å²) in [7, 11) is 0. The number of nitrogens with two attached hydrogens (primary N) is 1. The third kappa shape index (κ3) is 1.92. The van der Waals surface area contributed by atoms with E-state index in [2.05, 4.69) is 15.9 Å². The maximum atomic E-state index is 11.1. The molecule has 1 aromatic carbocycles. The van der Waals surface area contributed by atoms with Gasteiger partial charge in [0.05, 0.1) is 10.0 Å². The SMILES string of the molecule is N[C@@H](c1c(C(=O)O)ccc(Br)c1O)C1CC1. The third-order valence-electron chi connectivity index (χ3n) is 2.86. The summed E-state index contributed by atoms with van der Waals surface area (Å²) in [4.78, 5) is 11.1. The summed E-state index contributed by atoms with van der Waals surface area (Å²) in [5, 5.41) is 18.9. The Morgan fingerprint density at radius 2 is 2.12 bits per heavy atom. The molecule has 5 heteroatoms. The topological polar surface area (TPSA) is 83.6 Å². The van der Waals surface area contributed by atoms with Crippen LogP contribution < -0.4 is 5.73 Å². The molecule has 0 bridgehead atoms. The fourth-order valence-electron chi connectivity index (χ4n) is 1.80. The number of benzene rings is 1. The number of phenolic OH excluding ortho intramolecular Hbond substituents is 1. The van der Waals surface area contributed by atoms with Crippen LogP contribution in [0.1, 0.15) is 34.8 Å². The molecule has 1 aliphatic carbocycles. The second-order valence-corrected chi connectivity index (χ2v) is 4.88. The maximum absolute atomic E-state index is 11.1. The van der Waals surface area contributed by atoms with Crippen LogP contribution in [-0.2, 0) is 0 Å². The molecule has 0 aliphatic heterocycles. The van der Waals surface area contributed by atoms with Crippen molar-refractivity contribution >= 4 is 21.9 Å². The van der Waals surface area contributed by atoms with Gasteiger partial charge in [-0.1, -0.05) is 0 Å². The zero-order chi connectivity index (χ0) is 11.9. The number of halogens is 1. The smallest absolute Gasteiger partial charge is 0.336 e. The minimum Gasteiger partial charge on any atom is -0.506 e. The Balaban J connectivity index is 2.53. The highest BCUT2D eigenvalue weighted by Gasteiger charge is 2.34. The summed E-state index contributed by atoms with van der Waals surface area (Å²) in [6, 6.07) is 2.58. The van der Waals surface area contributed by atoms with Gasteiger partial charge in [-0.2, -0.15) is 0 Å². The van der Waals surface area contributed by atoms with Crippen molar-refractivity contribution in [2.24, 2.45) is 11.7 Å². The van der Waals surface area contributed by atoms with Crippen molar-refractivity contribution in [3.8, 4) is 5.75 Å². The summed E-state index contributed by atoms with van der Waals surface area (Å²) in [6.45, 7) is 0. The summed E-state index contributed by atoms with van der Waals surface area (Å²) >= 11 is 3.17. The molecule has 1 aliphatic rings. The van der Waals surface area contributed by atoms with Gasteiger partial charge in [-0.15, -0.1) is 0 Å². The predicted molar refractivity (Wildman–Crippen MR) is 62.4 cm³/mol. The Labute approximate surface area is 101 Å². The molecule has 0 spiro atoms. The van der Waals surface area contributed by atoms with Crippen molar-refractivity contribution in [2.45, 2.75) is 18.9 Å². The molecule has 0 saturated heterocycles. The molecule has 0 heterocycles. The zero-order valence-corrected chi connectivity index (χ0v) is 10.1. The molecule has 16 heavy (non-hydrogen) atoms. The molecule has 1 atom stereocenters. The van der Waals surface area contributed by atoms with E-state index in [9.17, 15) is 9.90 Å². The van der Waals surface area contributed by atoms with Gasteiger partial charge >= 0.3 is 5.97 Å². The first-order valence-corrected chi connectivity index (χ1v) is 5.82. The lowest BCUT2D eigenvalue weighted by atomic mass is 9.96. The summed E-state index contributed by atoms with van der Waals surface area (Å²) in [5.41, 5.74) is 6.39. The first-order valence-electron chi connectivity index (χ1n) is 5.02. The lowest BCUT2D eigenvalue weighted by Crippen LogP contribution is -2.17. The summed E-state index contributed by atoms with van der Waals surface area (Å²) < 4.78 is 0.476. The van der Waals surface area contributed by atoms with Crippen LogP contribution in [0.3, 0.4) is 0 Å². The van der Waals surface area contributed by atoms with E-state index in [1.807, 2.05) is 0 Å². The van der Waals surface area contributed by atoms with Crippen LogP contribution in [0.25, 0.3) is 0 Å². The number of aromatic carboxylic acids is 1. The summed E-state index contributed by atoms with van der Waals surface area (Å²) in [5.74, 6) is -0.827. The maximum Gasteiger partial charge on any atom is 0.336 e. The van der Waals surface area contributed by atoms with Crippen LogP contribution in [0.15, 0.2) is 16.6 Å². The molecule has 86 valence electrons. The van der Waals surface area contributed by atoms with Crippen LogP contribution in [-0.4, -0.2) is 16.2 Å². The van der Waals surface area contributed by atoms with Crippen LogP contribution in [0, 0.1) is 5.92 Å². The van der Waals surface area contributed by atoms with Gasteiger partial charge < -0.3 is 15.9 Å². The molecule has 4 N–H and O–H groups in total. The van der Waals surface area contributed by atoms with E-state index in [1.165, 1.54) is 12.1 Å². The Hall–Kier alpha value is -1.07. The van der Waals surface area contributed by atoms with E-state index in [4.69, 9.17) is 10.8 Å². The number of rotatable bonds is 3. The highest BCUT2D eigenvalue weighted by Crippen LogP contribution is 2.44. The van der Waals surface area contributed by atoms with Crippen LogP contribution in [0.2, 0.25) is 0 Å². The number of phenols is 1. The van der Waals surface area contributed by atoms with Gasteiger partial charge in [-0.05, 0) is 46.8 Å². The van der Waals surface area contributed by atoms with Crippen molar-refractivity contribution in [3.63, 3.8) is 0 Å². The number of aromatic hydroxyl groups is 1. The van der Waals surface area contributed by atoms with Gasteiger partial charge in [-0.3, -0.25) is 0 Å². The number of carbonyl (C=O) groups is 1. The van der Waals surface area contributed by atoms with Gasteiger partial charge in [0.25, 0.3) is 0 Å². The van der Waals surface area contributed by atoms with Crippen LogP contribution in [0.5, 0.6) is 5.75 Å². The second-order valence-electron chi connectivity index (χ2n) is 4.03. The monoisotopic (exact) mass is 285 g/mol. The van der Waals surface area contributed by atoms with Gasteiger partial charge in [0.1, 0.15) is 5.75 Å². The highest BCUT2D eigenvalue weighted by atomic mass is 79.9. The lowest BCUT2D eigenvalue weighted by Gasteiger charge is -2.16. The Bertz CT molecular complexity index is 443. The quantitative estimate of drug-likeness (QED) is 0.795. The largest absolute Gasteiger partial charge is 0.506 e. The van der Waals surface area contributed by atoms with Gasteiger partial charge in [0.15, 0.2) is 0 Å². The van der Waals surface area contributed by atoms with E-state index < -0.39 is 12.0 Å². The zero-order valence-electron chi connectivity index (χ0n) is 8.48. The predicted octanol–water partition coefficient (Wildman–Crippen LogP) is 2.26. The van der Waals surface area contributed by atoms with Gasteiger partial charge in [0.2, 0.25) is 0 Å². The molecular weight excluding hydrogens is 274 g/mol. The molecule has 0 amide bonds. The van der Waals surface area contributed by atoms with Crippen LogP contribution >= 0.6 is 15.9 Å². The number of carboxylic acid groups (broad SMARTS) is 1. The molecule has 0 radical (unpaired) electrons. The Morgan fingerprint density at radius 3 is 2.62 bits per heavy atom. The molecule has 1 saturated carbocycles. The number of hydrogen-bond donors (Lipinski definition) is 3. The normalized spacial score (nSPS) is 17.1. The fraction of sp³-hybridized carbons (Fsp3) is 0.364. The Kier molecular flexibility index (Phi) is 2.90. The van der Waals surface area contributed by atoms with Gasteiger partial charge in [-0.25, -0.2) is 4.79 Å². The molecule has 4 nitrogen and oxygen atoms in total. The van der Waals surface area contributed by atoms with Crippen molar-refractivity contribution in [1.29, 1.82) is 0 Å². The van der Waals surface area contributed by atoms with E-state index in [0.717, 1.165) is 12.8 Å². The van der Waals surface area contributed by atoms with E-state index in [-0.39, 0.29) is 11.3 Å². The minimum atomic E-state index is -1.06. The number of hydrogen-bond acceptors (Lipinski definition) is 3. The first kappa shape index (κ1) is 11.4. The molecule has 0 unspecified atom stereocenters. The minimum absolute atomic E-state index is 0.0562. The van der Waals surface area contributed by atoms with Crippen molar-refractivity contribution in [1.82, 2.24) is 0 Å². The summed E-state index contributed by atoms with van der Waals surface area (Å²) in [6.07, 6.45) is 1.98. The molecule has 1 fully saturated rings. The van der Waals surface area contributed by atoms with E-state index in [1.54, 1.807) is 0 Å². The lowest BCUT2D eigenvalue weighted by molar-refractivity contribution is 0.0694. The second kappa shape index (κ2) is 4.07. The highest BCUT2D eigenvalue weighted by molar-refractivity contribution is 9.10. The average molecular weight is 286 g/mol. The first-order chi connectivity index (χ1) is 7.52. The van der Waals surface area contributed by atoms with Crippen molar-refractivity contribution < 1.29 is 15.0 Å². The van der Waals surface area contributed by atoms with E-state index in [0.29, 0.717) is 16.0 Å². The van der Waals surface area contributed by atoms with Crippen molar-refractivity contribution in [2.75, 3.05) is 0 Å². The van der Waals surface area contributed by atoms with E-state index >= 15 is 0 Å².